The Balaban J connectivity index is 1.02. The van der Waals surface area contributed by atoms with E-state index in [1.165, 1.54) is 16.0 Å². The van der Waals surface area contributed by atoms with Crippen molar-refractivity contribution in [3.63, 3.8) is 0 Å². The van der Waals surface area contributed by atoms with Crippen molar-refractivity contribution in [3.05, 3.63) is 312 Å². The number of rotatable bonds is 10. The SMILES string of the molecule is CC(C)(C)c1ccc(Sc2ccc(C3(c4ccc(C(C)(C)C)cc4)c4cc(N(c5ccccc5)c5cccc6c5oc5ccccc56)c5c(oc6ccccc65)c4-c4c3cc(N(c3ccccc3)c3cccc5c3oc3ccccc35)c3oc5ccccc5c43)cc2)cc1. The molecule has 0 radical (unpaired) electrons. The maximum absolute atomic E-state index is 7.72. The van der Waals surface area contributed by atoms with E-state index in [1.54, 1.807) is 11.8 Å². The lowest BCUT2D eigenvalue weighted by Crippen LogP contribution is -2.29. The molecule has 7 heteroatoms. The summed E-state index contributed by atoms with van der Waals surface area (Å²) in [5, 5.41) is 8.14. The molecule has 0 N–H and O–H groups in total. The maximum atomic E-state index is 7.72. The standard InChI is InChI=1S/C87H64N2O4S/c1-85(2,3)53-39-41-55(42-40-53)87(56-45-49-60(50-46-56)94-59-47-43-54(44-48-59)86(4,5)6)67-52-72(89(58-25-11-8-12-26-58)70-34-22-32-64-62-28-14-18-36-74(62)91-82(64)70)83-78(66-30-16-20-38-76(66)92-83)79(67)80-68(87)51-71(77-65-29-15-19-37-75(65)93-84(77)80)88(57-23-9-7-10-24-57)69-33-21-31-63-61-27-13-17-35-73(61)90-81(63)69/h7-52H,1-6H3. The summed E-state index contributed by atoms with van der Waals surface area (Å²) < 4.78 is 29.4. The first kappa shape index (κ1) is 55.8. The minimum absolute atomic E-state index is 0.0396. The molecule has 1 atom stereocenters. The number of benzene rings is 13. The molecule has 4 heterocycles. The number of fused-ring (bicyclic) bond motifs is 17. The Bertz CT molecular complexity index is 5840. The molecule has 0 fully saturated rings. The molecule has 0 amide bonds. The molecule has 1 unspecified atom stereocenters. The Morgan fingerprint density at radius 1 is 0.298 bits per heavy atom. The van der Waals surface area contributed by atoms with E-state index in [0.717, 1.165) is 160 Å². The van der Waals surface area contributed by atoms with Gasteiger partial charge in [0, 0.05) is 70.0 Å². The highest BCUT2D eigenvalue weighted by atomic mass is 32.2. The minimum atomic E-state index is -1.05. The van der Waals surface area contributed by atoms with E-state index >= 15 is 0 Å². The quantitative estimate of drug-likeness (QED) is 0.135. The van der Waals surface area contributed by atoms with E-state index in [2.05, 4.69) is 318 Å². The fraction of sp³-hybridized carbons (Fsp3) is 0.103. The van der Waals surface area contributed by atoms with E-state index in [9.17, 15) is 0 Å². The largest absolute Gasteiger partial charge is 0.455 e. The van der Waals surface area contributed by atoms with Crippen molar-refractivity contribution in [1.82, 2.24) is 0 Å². The predicted molar refractivity (Wildman–Crippen MR) is 390 cm³/mol. The van der Waals surface area contributed by atoms with E-state index in [4.69, 9.17) is 17.7 Å². The van der Waals surface area contributed by atoms with Gasteiger partial charge in [0.25, 0.3) is 0 Å². The van der Waals surface area contributed by atoms with Crippen LogP contribution in [0.4, 0.5) is 34.1 Å². The van der Waals surface area contributed by atoms with Gasteiger partial charge in [0.05, 0.1) is 33.6 Å². The lowest BCUT2D eigenvalue weighted by Gasteiger charge is -2.36. The highest BCUT2D eigenvalue weighted by Crippen LogP contribution is 2.65. The van der Waals surface area contributed by atoms with Gasteiger partial charge in [-0.3, -0.25) is 0 Å². The molecule has 0 spiro atoms. The third-order valence-electron chi connectivity index (χ3n) is 19.5. The van der Waals surface area contributed by atoms with Gasteiger partial charge in [-0.1, -0.05) is 235 Å². The topological polar surface area (TPSA) is 59.0 Å². The Morgan fingerprint density at radius 2 is 0.670 bits per heavy atom. The van der Waals surface area contributed by atoms with Crippen LogP contribution in [0.15, 0.2) is 307 Å². The van der Waals surface area contributed by atoms with E-state index in [1.807, 2.05) is 12.1 Å². The van der Waals surface area contributed by atoms with Crippen molar-refractivity contribution < 1.29 is 17.7 Å². The molecule has 6 nitrogen and oxygen atoms in total. The number of anilines is 6. The summed E-state index contributed by atoms with van der Waals surface area (Å²) in [5.41, 5.74) is 19.6. The fourth-order valence-corrected chi connectivity index (χ4v) is 15.9. The summed E-state index contributed by atoms with van der Waals surface area (Å²) in [6.07, 6.45) is 0. The first-order valence-corrected chi connectivity index (χ1v) is 33.2. The smallest absolute Gasteiger partial charge is 0.160 e. The van der Waals surface area contributed by atoms with E-state index < -0.39 is 5.41 Å². The first-order valence-electron chi connectivity index (χ1n) is 32.4. The molecule has 18 rings (SSSR count). The zero-order chi connectivity index (χ0) is 63.2. The van der Waals surface area contributed by atoms with Gasteiger partial charge in [-0.15, -0.1) is 0 Å². The van der Waals surface area contributed by atoms with Gasteiger partial charge >= 0.3 is 0 Å². The third-order valence-corrected chi connectivity index (χ3v) is 20.5. The Morgan fingerprint density at radius 3 is 1.18 bits per heavy atom. The van der Waals surface area contributed by atoms with Crippen LogP contribution in [0.25, 0.3) is 98.9 Å². The molecule has 1 aliphatic carbocycles. The molecular weight excluding hydrogens is 1170 g/mol. The molecule has 4 aromatic heterocycles. The van der Waals surface area contributed by atoms with Gasteiger partial charge in [-0.25, -0.2) is 0 Å². The second-order valence-electron chi connectivity index (χ2n) is 27.1. The number of furan rings is 4. The average Bonchev–Trinajstić information content (AvgIpc) is 1.49. The minimum Gasteiger partial charge on any atom is -0.455 e. The molecule has 452 valence electrons. The van der Waals surface area contributed by atoms with Crippen LogP contribution < -0.4 is 9.80 Å². The van der Waals surface area contributed by atoms with Gasteiger partial charge in [-0.2, -0.15) is 0 Å². The zero-order valence-electron chi connectivity index (χ0n) is 53.0. The molecule has 17 aromatic rings. The Labute approximate surface area is 548 Å². The Kier molecular flexibility index (Phi) is 12.5. The van der Waals surface area contributed by atoms with Crippen LogP contribution in [-0.4, -0.2) is 0 Å². The van der Waals surface area contributed by atoms with Gasteiger partial charge < -0.3 is 27.5 Å². The van der Waals surface area contributed by atoms with Crippen LogP contribution in [0.2, 0.25) is 0 Å². The van der Waals surface area contributed by atoms with Gasteiger partial charge in [-0.05, 0) is 141 Å². The molecule has 0 bridgehead atoms. The normalized spacial score (nSPS) is 14.1. The van der Waals surface area contributed by atoms with Gasteiger partial charge in [0.2, 0.25) is 0 Å². The van der Waals surface area contributed by atoms with Crippen LogP contribution in [-0.2, 0) is 16.2 Å². The second kappa shape index (κ2) is 21.0. The lowest BCUT2D eigenvalue weighted by molar-refractivity contribution is 0.589. The lowest BCUT2D eigenvalue weighted by atomic mass is 9.67. The highest BCUT2D eigenvalue weighted by Gasteiger charge is 2.51. The van der Waals surface area contributed by atoms with Crippen molar-refractivity contribution >= 4 is 134 Å². The highest BCUT2D eigenvalue weighted by molar-refractivity contribution is 7.99. The molecular formula is C87H64N2O4S. The summed E-state index contributed by atoms with van der Waals surface area (Å²) in [4.78, 5) is 7.10. The van der Waals surface area contributed by atoms with E-state index in [0.29, 0.717) is 0 Å². The summed E-state index contributed by atoms with van der Waals surface area (Å²) >= 11 is 1.79. The van der Waals surface area contributed by atoms with Crippen molar-refractivity contribution in [2.75, 3.05) is 9.80 Å². The fourth-order valence-electron chi connectivity index (χ4n) is 15.1. The van der Waals surface area contributed by atoms with Crippen LogP contribution in [0.3, 0.4) is 0 Å². The Hall–Kier alpha value is -11.0. The molecule has 1 aliphatic rings. The van der Waals surface area contributed by atoms with Crippen LogP contribution >= 0.6 is 11.8 Å². The van der Waals surface area contributed by atoms with Gasteiger partial charge in [0.1, 0.15) is 27.9 Å². The number of hydrogen-bond acceptors (Lipinski definition) is 7. The molecule has 0 aliphatic heterocycles. The van der Waals surface area contributed by atoms with Crippen molar-refractivity contribution in [3.8, 4) is 11.1 Å². The maximum Gasteiger partial charge on any atom is 0.160 e. The van der Waals surface area contributed by atoms with Crippen LogP contribution in [0.5, 0.6) is 0 Å². The van der Waals surface area contributed by atoms with Crippen molar-refractivity contribution in [1.29, 1.82) is 0 Å². The van der Waals surface area contributed by atoms with Crippen LogP contribution in [0, 0.1) is 0 Å². The van der Waals surface area contributed by atoms with E-state index in [-0.39, 0.29) is 10.8 Å². The average molecular weight is 1230 g/mol. The summed E-state index contributed by atoms with van der Waals surface area (Å²) in [6.45, 7) is 13.7. The second-order valence-corrected chi connectivity index (χ2v) is 28.2. The van der Waals surface area contributed by atoms with Crippen LogP contribution in [0.1, 0.15) is 74.9 Å². The molecule has 94 heavy (non-hydrogen) atoms. The number of nitrogens with zero attached hydrogens (tertiary/aromatic N) is 2. The molecule has 0 saturated heterocycles. The zero-order valence-corrected chi connectivity index (χ0v) is 53.8. The molecule has 0 saturated carbocycles. The molecule has 13 aromatic carbocycles. The number of para-hydroxylation sites is 8. The number of hydrogen-bond donors (Lipinski definition) is 0. The van der Waals surface area contributed by atoms with Gasteiger partial charge in [0.15, 0.2) is 16.7 Å². The third kappa shape index (κ3) is 8.50. The summed E-state index contributed by atoms with van der Waals surface area (Å²) in [5.74, 6) is 0. The van der Waals surface area contributed by atoms with Crippen molar-refractivity contribution in [2.45, 2.75) is 67.6 Å². The first-order chi connectivity index (χ1) is 45.9. The predicted octanol–water partition coefficient (Wildman–Crippen LogP) is 25.3. The summed E-state index contributed by atoms with van der Waals surface area (Å²) in [7, 11) is 0. The summed E-state index contributed by atoms with van der Waals surface area (Å²) in [6, 6.07) is 101. The monoisotopic (exact) mass is 1230 g/mol. The van der Waals surface area contributed by atoms with Crippen molar-refractivity contribution in [2.24, 2.45) is 0 Å².